The number of hydrogen-bond acceptors (Lipinski definition) is 5. The number of ether oxygens (including phenoxy) is 2. The molecular formula is C19H23NO3S. The molecular weight excluding hydrogens is 322 g/mol. The summed E-state index contributed by atoms with van der Waals surface area (Å²) in [5.41, 5.74) is 1.97. The van der Waals surface area contributed by atoms with Crippen molar-refractivity contribution in [3.05, 3.63) is 45.9 Å². The van der Waals surface area contributed by atoms with Crippen LogP contribution < -0.4 is 4.74 Å². The Labute approximate surface area is 146 Å². The maximum absolute atomic E-state index is 12.0. The van der Waals surface area contributed by atoms with Crippen LogP contribution in [0.1, 0.15) is 48.4 Å². The van der Waals surface area contributed by atoms with Crippen molar-refractivity contribution in [2.24, 2.45) is 0 Å². The van der Waals surface area contributed by atoms with Gasteiger partial charge < -0.3 is 9.47 Å². The van der Waals surface area contributed by atoms with E-state index in [2.05, 4.69) is 4.98 Å². The molecule has 0 aliphatic heterocycles. The third-order valence-electron chi connectivity index (χ3n) is 4.16. The highest BCUT2D eigenvalue weighted by Gasteiger charge is 2.18. The molecule has 1 aromatic heterocycles. The van der Waals surface area contributed by atoms with Crippen molar-refractivity contribution in [3.8, 4) is 5.75 Å². The molecule has 1 aromatic carbocycles. The van der Waals surface area contributed by atoms with Crippen LogP contribution in [-0.4, -0.2) is 17.1 Å². The highest BCUT2D eigenvalue weighted by molar-refractivity contribution is 7.09. The van der Waals surface area contributed by atoms with E-state index in [4.69, 9.17) is 9.47 Å². The fourth-order valence-electron chi connectivity index (χ4n) is 2.83. The smallest absolute Gasteiger partial charge is 0.312 e. The molecule has 0 atom stereocenters. The first-order chi connectivity index (χ1) is 11.7. The Bertz CT molecular complexity index is 660. The van der Waals surface area contributed by atoms with E-state index in [0.717, 1.165) is 42.1 Å². The van der Waals surface area contributed by atoms with E-state index in [1.807, 2.05) is 36.6 Å². The van der Waals surface area contributed by atoms with Crippen LogP contribution in [-0.2, 0) is 22.6 Å². The van der Waals surface area contributed by atoms with Crippen LogP contribution in [0, 0.1) is 6.92 Å². The molecule has 1 aliphatic rings. The maximum atomic E-state index is 12.0. The third kappa shape index (κ3) is 5.06. The summed E-state index contributed by atoms with van der Waals surface area (Å²) in [6.07, 6.45) is 5.93. The second kappa shape index (κ2) is 8.29. The zero-order chi connectivity index (χ0) is 16.8. The molecule has 0 unspecified atom stereocenters. The number of rotatable bonds is 6. The monoisotopic (exact) mass is 345 g/mol. The average molecular weight is 345 g/mol. The van der Waals surface area contributed by atoms with Crippen LogP contribution in [0.3, 0.4) is 0 Å². The summed E-state index contributed by atoms with van der Waals surface area (Å²) in [6, 6.07) is 7.94. The van der Waals surface area contributed by atoms with E-state index < -0.39 is 0 Å². The molecule has 0 spiro atoms. The molecule has 128 valence electrons. The van der Waals surface area contributed by atoms with Gasteiger partial charge in [0.1, 0.15) is 23.5 Å². The Morgan fingerprint density at radius 1 is 1.21 bits per heavy atom. The zero-order valence-electron chi connectivity index (χ0n) is 14.0. The molecule has 24 heavy (non-hydrogen) atoms. The molecule has 1 fully saturated rings. The van der Waals surface area contributed by atoms with Crippen LogP contribution >= 0.6 is 11.3 Å². The van der Waals surface area contributed by atoms with E-state index in [1.54, 1.807) is 0 Å². The molecule has 3 rings (SSSR count). The second-order valence-electron chi connectivity index (χ2n) is 6.26. The summed E-state index contributed by atoms with van der Waals surface area (Å²) in [5, 5.41) is 2.78. The quantitative estimate of drug-likeness (QED) is 0.726. The van der Waals surface area contributed by atoms with Crippen molar-refractivity contribution < 1.29 is 14.3 Å². The van der Waals surface area contributed by atoms with Gasteiger partial charge in [0.05, 0.1) is 12.1 Å². The van der Waals surface area contributed by atoms with E-state index in [0.29, 0.717) is 6.61 Å². The van der Waals surface area contributed by atoms with Gasteiger partial charge in [-0.2, -0.15) is 0 Å². The molecule has 5 heteroatoms. The van der Waals surface area contributed by atoms with Gasteiger partial charge in [-0.15, -0.1) is 11.3 Å². The largest absolute Gasteiger partial charge is 0.486 e. The number of esters is 1. The van der Waals surface area contributed by atoms with Gasteiger partial charge in [-0.3, -0.25) is 4.79 Å². The zero-order valence-corrected chi connectivity index (χ0v) is 14.8. The van der Waals surface area contributed by atoms with E-state index in [-0.39, 0.29) is 18.5 Å². The van der Waals surface area contributed by atoms with Crippen molar-refractivity contribution in [1.82, 2.24) is 4.98 Å². The standard InChI is InChI=1S/C19H23NO3S/c1-14-7-9-16(10-8-14)22-12-18-20-15(13-24-18)11-19(21)23-17-5-3-2-4-6-17/h7-10,13,17H,2-6,11-12H2,1H3. The maximum Gasteiger partial charge on any atom is 0.312 e. The lowest BCUT2D eigenvalue weighted by Gasteiger charge is -2.21. The Morgan fingerprint density at radius 2 is 1.96 bits per heavy atom. The SMILES string of the molecule is Cc1ccc(OCc2nc(CC(=O)OC3CCCCC3)cs2)cc1. The molecule has 0 saturated heterocycles. The molecule has 1 aliphatic carbocycles. The number of thiazole rings is 1. The summed E-state index contributed by atoms with van der Waals surface area (Å²) in [4.78, 5) is 16.5. The van der Waals surface area contributed by atoms with Crippen molar-refractivity contribution >= 4 is 17.3 Å². The number of aryl methyl sites for hydroxylation is 1. The Balaban J connectivity index is 1.46. The Hall–Kier alpha value is -1.88. The lowest BCUT2D eigenvalue weighted by molar-refractivity contribution is -0.149. The van der Waals surface area contributed by atoms with Crippen molar-refractivity contribution in [2.45, 2.75) is 58.2 Å². The molecule has 0 N–H and O–H groups in total. The van der Waals surface area contributed by atoms with Gasteiger partial charge in [-0.1, -0.05) is 24.1 Å². The average Bonchev–Trinajstić information content (AvgIpc) is 3.02. The number of nitrogens with zero attached hydrogens (tertiary/aromatic N) is 1. The third-order valence-corrected chi connectivity index (χ3v) is 5.03. The predicted molar refractivity (Wildman–Crippen MR) is 94.3 cm³/mol. The van der Waals surface area contributed by atoms with Gasteiger partial charge in [0, 0.05) is 5.38 Å². The van der Waals surface area contributed by atoms with Crippen LogP contribution in [0.15, 0.2) is 29.6 Å². The molecule has 1 saturated carbocycles. The minimum absolute atomic E-state index is 0.106. The summed E-state index contributed by atoms with van der Waals surface area (Å²) >= 11 is 1.52. The highest BCUT2D eigenvalue weighted by Crippen LogP contribution is 2.21. The predicted octanol–water partition coefficient (Wildman–Crippen LogP) is 4.45. The highest BCUT2D eigenvalue weighted by atomic mass is 32.1. The lowest BCUT2D eigenvalue weighted by Crippen LogP contribution is -2.22. The van der Waals surface area contributed by atoms with Gasteiger partial charge in [-0.05, 0) is 44.7 Å². The topological polar surface area (TPSA) is 48.4 Å². The van der Waals surface area contributed by atoms with E-state index >= 15 is 0 Å². The number of hydrogen-bond donors (Lipinski definition) is 0. The second-order valence-corrected chi connectivity index (χ2v) is 7.20. The van der Waals surface area contributed by atoms with Gasteiger partial charge in [0.25, 0.3) is 0 Å². The van der Waals surface area contributed by atoms with E-state index in [9.17, 15) is 4.79 Å². The van der Waals surface area contributed by atoms with Gasteiger partial charge in [0.15, 0.2) is 0 Å². The van der Waals surface area contributed by atoms with Crippen molar-refractivity contribution in [2.75, 3.05) is 0 Å². The molecule has 0 bridgehead atoms. The molecule has 0 radical (unpaired) electrons. The van der Waals surface area contributed by atoms with E-state index in [1.165, 1.54) is 23.3 Å². The first-order valence-electron chi connectivity index (χ1n) is 8.51. The number of carbonyl (C=O) groups is 1. The number of benzene rings is 1. The normalized spacial score (nSPS) is 15.2. The van der Waals surface area contributed by atoms with Gasteiger partial charge >= 0.3 is 5.97 Å². The number of aromatic nitrogens is 1. The summed E-state index contributed by atoms with van der Waals surface area (Å²) in [6.45, 7) is 2.47. The fraction of sp³-hybridized carbons (Fsp3) is 0.474. The van der Waals surface area contributed by atoms with Crippen LogP contribution in [0.25, 0.3) is 0 Å². The van der Waals surface area contributed by atoms with Crippen molar-refractivity contribution in [1.29, 1.82) is 0 Å². The van der Waals surface area contributed by atoms with Gasteiger partial charge in [0.2, 0.25) is 0 Å². The first kappa shape index (κ1) is 17.0. The lowest BCUT2D eigenvalue weighted by atomic mass is 9.98. The molecule has 4 nitrogen and oxygen atoms in total. The molecule has 2 aromatic rings. The number of carbonyl (C=O) groups excluding carboxylic acids is 1. The Kier molecular flexibility index (Phi) is 5.86. The fourth-order valence-corrected chi connectivity index (χ4v) is 3.54. The summed E-state index contributed by atoms with van der Waals surface area (Å²) < 4.78 is 11.3. The van der Waals surface area contributed by atoms with Crippen molar-refractivity contribution in [3.63, 3.8) is 0 Å². The summed E-state index contributed by atoms with van der Waals surface area (Å²) in [5.74, 6) is 0.660. The van der Waals surface area contributed by atoms with Gasteiger partial charge in [-0.25, -0.2) is 4.98 Å². The Morgan fingerprint density at radius 3 is 2.71 bits per heavy atom. The molecule has 0 amide bonds. The minimum atomic E-state index is -0.168. The van der Waals surface area contributed by atoms with Crippen LogP contribution in [0.4, 0.5) is 0 Å². The minimum Gasteiger partial charge on any atom is -0.486 e. The van der Waals surface area contributed by atoms with Crippen LogP contribution in [0.2, 0.25) is 0 Å². The first-order valence-corrected chi connectivity index (χ1v) is 9.39. The van der Waals surface area contributed by atoms with Crippen LogP contribution in [0.5, 0.6) is 5.75 Å². The summed E-state index contributed by atoms with van der Waals surface area (Å²) in [7, 11) is 0. The molecule has 1 heterocycles.